The molecule has 30 heavy (non-hydrogen) atoms. The molecule has 1 nitrogen and oxygen atoms in total. The molecule has 0 aliphatic heterocycles. The van der Waals surface area contributed by atoms with Crippen LogP contribution in [0.25, 0.3) is 11.1 Å². The van der Waals surface area contributed by atoms with E-state index in [4.69, 9.17) is 4.74 Å². The van der Waals surface area contributed by atoms with Crippen LogP contribution >= 0.6 is 0 Å². The van der Waals surface area contributed by atoms with Crippen molar-refractivity contribution in [3.63, 3.8) is 0 Å². The van der Waals surface area contributed by atoms with Crippen LogP contribution in [0.2, 0.25) is 0 Å². The summed E-state index contributed by atoms with van der Waals surface area (Å²) in [6.45, 7) is 6.91. The number of hydrogen-bond acceptors (Lipinski definition) is 1. The van der Waals surface area contributed by atoms with Gasteiger partial charge >= 0.3 is 0 Å². The van der Waals surface area contributed by atoms with Crippen molar-refractivity contribution in [1.82, 2.24) is 0 Å². The van der Waals surface area contributed by atoms with Crippen molar-refractivity contribution in [1.29, 1.82) is 0 Å². The summed E-state index contributed by atoms with van der Waals surface area (Å²) in [7, 11) is 0. The SMILES string of the molecule is CCCCOc1cc(C)c(CCc2ccc(-c3ccc(CCC)cc3)cc2)cc1F. The van der Waals surface area contributed by atoms with Gasteiger partial charge in [0.2, 0.25) is 0 Å². The topological polar surface area (TPSA) is 9.23 Å². The zero-order valence-electron chi connectivity index (χ0n) is 18.5. The highest BCUT2D eigenvalue weighted by molar-refractivity contribution is 5.64. The second-order valence-electron chi connectivity index (χ2n) is 8.05. The summed E-state index contributed by atoms with van der Waals surface area (Å²) in [5, 5.41) is 0. The van der Waals surface area contributed by atoms with Crippen LogP contribution in [0, 0.1) is 12.7 Å². The Morgan fingerprint density at radius 2 is 1.33 bits per heavy atom. The molecule has 0 saturated heterocycles. The van der Waals surface area contributed by atoms with Crippen LogP contribution < -0.4 is 4.74 Å². The smallest absolute Gasteiger partial charge is 0.165 e. The summed E-state index contributed by atoms with van der Waals surface area (Å²) in [5.74, 6) is 0.118. The van der Waals surface area contributed by atoms with E-state index in [1.165, 1.54) is 28.7 Å². The first kappa shape index (κ1) is 22.1. The Kier molecular flexibility index (Phi) is 8.07. The van der Waals surface area contributed by atoms with Crippen molar-refractivity contribution in [2.75, 3.05) is 6.61 Å². The largest absolute Gasteiger partial charge is 0.491 e. The predicted octanol–water partition coefficient (Wildman–Crippen LogP) is 7.72. The fourth-order valence-electron chi connectivity index (χ4n) is 3.70. The molecule has 3 aromatic rings. The van der Waals surface area contributed by atoms with Crippen LogP contribution in [0.15, 0.2) is 60.7 Å². The van der Waals surface area contributed by atoms with Gasteiger partial charge in [-0.1, -0.05) is 75.2 Å². The summed E-state index contributed by atoms with van der Waals surface area (Å²) in [6.07, 6.45) is 6.01. The average Bonchev–Trinajstić information content (AvgIpc) is 2.76. The van der Waals surface area contributed by atoms with Crippen LogP contribution in [0.3, 0.4) is 0 Å². The summed E-state index contributed by atoms with van der Waals surface area (Å²) >= 11 is 0. The summed E-state index contributed by atoms with van der Waals surface area (Å²) < 4.78 is 20.0. The van der Waals surface area contributed by atoms with Gasteiger partial charge in [-0.3, -0.25) is 0 Å². The molecule has 0 heterocycles. The number of hydrogen-bond donors (Lipinski definition) is 0. The van der Waals surface area contributed by atoms with E-state index in [0.717, 1.165) is 43.2 Å². The second-order valence-corrected chi connectivity index (χ2v) is 8.05. The molecule has 0 aromatic heterocycles. The second kappa shape index (κ2) is 11.0. The normalized spacial score (nSPS) is 10.9. The summed E-state index contributed by atoms with van der Waals surface area (Å²) in [4.78, 5) is 0. The highest BCUT2D eigenvalue weighted by Gasteiger charge is 2.09. The molecule has 0 amide bonds. The first-order valence-electron chi connectivity index (χ1n) is 11.2. The highest BCUT2D eigenvalue weighted by atomic mass is 19.1. The van der Waals surface area contributed by atoms with E-state index >= 15 is 0 Å². The van der Waals surface area contributed by atoms with Gasteiger partial charge in [-0.15, -0.1) is 0 Å². The number of halogens is 1. The van der Waals surface area contributed by atoms with E-state index in [0.29, 0.717) is 12.4 Å². The monoisotopic (exact) mass is 404 g/mol. The van der Waals surface area contributed by atoms with Gasteiger partial charge < -0.3 is 4.74 Å². The van der Waals surface area contributed by atoms with E-state index in [1.54, 1.807) is 6.07 Å². The molecule has 0 bridgehead atoms. The molecular formula is C28H33FO. The van der Waals surface area contributed by atoms with Gasteiger partial charge in [0.1, 0.15) is 0 Å². The Bertz CT molecular complexity index is 926. The van der Waals surface area contributed by atoms with Crippen LogP contribution in [-0.2, 0) is 19.3 Å². The molecule has 0 atom stereocenters. The van der Waals surface area contributed by atoms with Crippen molar-refractivity contribution >= 4 is 0 Å². The van der Waals surface area contributed by atoms with E-state index in [-0.39, 0.29) is 5.82 Å². The minimum Gasteiger partial charge on any atom is -0.491 e. The lowest BCUT2D eigenvalue weighted by atomic mass is 9.97. The third-order valence-corrected chi connectivity index (χ3v) is 5.61. The highest BCUT2D eigenvalue weighted by Crippen LogP contribution is 2.25. The molecule has 0 unspecified atom stereocenters. The zero-order valence-corrected chi connectivity index (χ0v) is 18.5. The maximum absolute atomic E-state index is 14.4. The molecule has 0 aliphatic carbocycles. The molecule has 0 aliphatic rings. The van der Waals surface area contributed by atoms with Crippen molar-refractivity contribution in [2.24, 2.45) is 0 Å². The molecular weight excluding hydrogens is 371 g/mol. The van der Waals surface area contributed by atoms with Crippen molar-refractivity contribution < 1.29 is 9.13 Å². The lowest BCUT2D eigenvalue weighted by molar-refractivity contribution is 0.294. The number of ether oxygens (including phenoxy) is 1. The number of benzene rings is 3. The lowest BCUT2D eigenvalue weighted by Crippen LogP contribution is -2.02. The van der Waals surface area contributed by atoms with Gasteiger partial charge in [-0.2, -0.15) is 0 Å². The fraction of sp³-hybridized carbons (Fsp3) is 0.357. The minimum absolute atomic E-state index is 0.256. The van der Waals surface area contributed by atoms with Gasteiger partial charge in [0.15, 0.2) is 11.6 Å². The van der Waals surface area contributed by atoms with Crippen LogP contribution in [0.4, 0.5) is 4.39 Å². The molecule has 0 spiro atoms. The Labute approximate surface area is 180 Å². The summed E-state index contributed by atoms with van der Waals surface area (Å²) in [5.41, 5.74) is 7.28. The maximum Gasteiger partial charge on any atom is 0.165 e. The van der Waals surface area contributed by atoms with E-state index in [9.17, 15) is 4.39 Å². The molecule has 0 N–H and O–H groups in total. The first-order valence-corrected chi connectivity index (χ1v) is 11.2. The molecule has 0 radical (unpaired) electrons. The van der Waals surface area contributed by atoms with Crippen LogP contribution in [0.5, 0.6) is 5.75 Å². The van der Waals surface area contributed by atoms with Gasteiger partial charge in [0.05, 0.1) is 6.61 Å². The van der Waals surface area contributed by atoms with Crippen molar-refractivity contribution in [3.8, 4) is 16.9 Å². The number of unbranched alkanes of at least 4 members (excludes halogenated alkanes) is 1. The van der Waals surface area contributed by atoms with Crippen LogP contribution in [-0.4, -0.2) is 6.61 Å². The fourth-order valence-corrected chi connectivity index (χ4v) is 3.70. The van der Waals surface area contributed by atoms with Gasteiger partial charge in [0, 0.05) is 0 Å². The average molecular weight is 405 g/mol. The molecule has 3 rings (SSSR count). The predicted molar refractivity (Wildman–Crippen MR) is 125 cm³/mol. The van der Waals surface area contributed by atoms with E-state index in [1.807, 2.05) is 13.0 Å². The third-order valence-electron chi connectivity index (χ3n) is 5.61. The van der Waals surface area contributed by atoms with E-state index < -0.39 is 0 Å². The van der Waals surface area contributed by atoms with Crippen LogP contribution in [0.1, 0.15) is 55.4 Å². The molecule has 158 valence electrons. The van der Waals surface area contributed by atoms with Gasteiger partial charge in [-0.25, -0.2) is 4.39 Å². The van der Waals surface area contributed by atoms with Gasteiger partial charge in [-0.05, 0) is 78.1 Å². The van der Waals surface area contributed by atoms with Gasteiger partial charge in [0.25, 0.3) is 0 Å². The zero-order chi connectivity index (χ0) is 21.3. The number of rotatable bonds is 10. The van der Waals surface area contributed by atoms with Crippen molar-refractivity contribution in [3.05, 3.63) is 88.7 Å². The standard InChI is InChI=1S/C28H33FO/c1-4-6-18-30-28-19-21(3)26(20-27(28)29)17-12-23-10-15-25(16-11-23)24-13-8-22(7-5-2)9-14-24/h8-11,13-16,19-20H,4-7,12,17-18H2,1-3H3. The molecule has 3 aromatic carbocycles. The van der Waals surface area contributed by atoms with Crippen molar-refractivity contribution in [2.45, 2.75) is 59.3 Å². The molecule has 0 fully saturated rings. The Balaban J connectivity index is 1.61. The molecule has 0 saturated carbocycles. The Hall–Kier alpha value is -2.61. The molecule has 2 heteroatoms. The summed E-state index contributed by atoms with van der Waals surface area (Å²) in [6, 6.07) is 21.1. The maximum atomic E-state index is 14.4. The number of aryl methyl sites for hydroxylation is 4. The lowest BCUT2D eigenvalue weighted by Gasteiger charge is -2.12. The third kappa shape index (κ3) is 5.95. The minimum atomic E-state index is -0.256. The quantitative estimate of drug-likeness (QED) is 0.314. The first-order chi connectivity index (χ1) is 14.6. The Morgan fingerprint density at radius 3 is 1.90 bits per heavy atom. The Morgan fingerprint density at radius 1 is 0.733 bits per heavy atom. The van der Waals surface area contributed by atoms with E-state index in [2.05, 4.69) is 62.4 Å².